The van der Waals surface area contributed by atoms with E-state index in [0.717, 1.165) is 38.2 Å². The Morgan fingerprint density at radius 1 is 1.24 bits per heavy atom. The van der Waals surface area contributed by atoms with Crippen molar-refractivity contribution in [2.24, 2.45) is 11.3 Å². The molecular weight excluding hydrogens is 432 g/mol. The highest BCUT2D eigenvalue weighted by Gasteiger charge is 2.47. The van der Waals surface area contributed by atoms with E-state index in [-0.39, 0.29) is 31.0 Å². The second kappa shape index (κ2) is 12.2. The van der Waals surface area contributed by atoms with E-state index in [4.69, 9.17) is 28.8 Å². The van der Waals surface area contributed by atoms with Gasteiger partial charge in [-0.1, -0.05) is 6.07 Å². The van der Waals surface area contributed by atoms with Gasteiger partial charge in [-0.15, -0.1) is 0 Å². The van der Waals surface area contributed by atoms with Gasteiger partial charge in [0.1, 0.15) is 0 Å². The molecule has 2 N–H and O–H groups in total. The summed E-state index contributed by atoms with van der Waals surface area (Å²) in [5, 5.41) is 16.9. The second-order valence-corrected chi connectivity index (χ2v) is 8.60. The van der Waals surface area contributed by atoms with E-state index in [1.54, 1.807) is 12.0 Å². The van der Waals surface area contributed by atoms with Gasteiger partial charge in [0.2, 0.25) is 0 Å². The van der Waals surface area contributed by atoms with Crippen LogP contribution in [0, 0.1) is 11.3 Å². The van der Waals surface area contributed by atoms with Gasteiger partial charge in [0.05, 0.1) is 33.5 Å². The number of aliphatic hydroxyl groups excluding tert-OH is 1. The fraction of sp³-hybridized carbons (Fsp3) is 0.652. The van der Waals surface area contributed by atoms with Crippen LogP contribution in [-0.2, 0) is 25.6 Å². The number of benzene rings is 1. The number of aliphatic hydroxyl groups is 1. The van der Waals surface area contributed by atoms with Crippen molar-refractivity contribution in [2.45, 2.75) is 13.0 Å². The lowest BCUT2D eigenvalue weighted by Crippen LogP contribution is -2.43. The number of fused-ring (bicyclic) bond motifs is 1. The zero-order valence-corrected chi connectivity index (χ0v) is 19.1. The molecule has 1 aromatic rings. The molecular formula is C23H34N2O8. The predicted molar refractivity (Wildman–Crippen MR) is 118 cm³/mol. The number of carbonyl (C=O) groups is 2. The largest absolute Gasteiger partial charge is 0.493 e. The molecule has 0 radical (unpaired) electrons. The fourth-order valence-electron chi connectivity index (χ4n) is 4.79. The maximum atomic E-state index is 12.4. The molecule has 4 rings (SSSR count). The van der Waals surface area contributed by atoms with Crippen molar-refractivity contribution in [1.29, 1.82) is 0 Å². The van der Waals surface area contributed by atoms with Crippen LogP contribution in [-0.4, -0.2) is 105 Å². The molecule has 0 aromatic heterocycles. The normalized spacial score (nSPS) is 24.9. The zero-order chi connectivity index (χ0) is 23.7. The molecule has 0 saturated carbocycles. The van der Waals surface area contributed by atoms with E-state index in [2.05, 4.69) is 4.90 Å². The molecule has 10 nitrogen and oxygen atoms in total. The van der Waals surface area contributed by atoms with Gasteiger partial charge in [0, 0.05) is 44.7 Å². The quantitative estimate of drug-likeness (QED) is 0.553. The fourth-order valence-corrected chi connectivity index (χ4v) is 4.79. The number of carboxylic acid groups (broad SMARTS) is 1. The second-order valence-electron chi connectivity index (χ2n) is 8.60. The molecule has 2 atom stereocenters. The van der Waals surface area contributed by atoms with Gasteiger partial charge in [-0.2, -0.15) is 0 Å². The number of amides is 1. The number of hydrogen-bond donors (Lipinski definition) is 2. The SMILES string of the molecule is COc1ccc(CN2C[C@@H]3CCOC[C@]3(CO)C2)cc1OCC(=O)N1CCOCC1.O=CO. The zero-order valence-electron chi connectivity index (χ0n) is 19.1. The Kier molecular flexibility index (Phi) is 9.30. The summed E-state index contributed by atoms with van der Waals surface area (Å²) >= 11 is 0. The Morgan fingerprint density at radius 2 is 2.00 bits per heavy atom. The Bertz CT molecular complexity index is 786. The Morgan fingerprint density at radius 3 is 2.67 bits per heavy atom. The van der Waals surface area contributed by atoms with Gasteiger partial charge in [0.15, 0.2) is 18.1 Å². The van der Waals surface area contributed by atoms with Gasteiger partial charge >= 0.3 is 0 Å². The molecule has 3 aliphatic heterocycles. The molecule has 33 heavy (non-hydrogen) atoms. The molecule has 3 saturated heterocycles. The average Bonchev–Trinajstić information content (AvgIpc) is 3.22. The third-order valence-corrected chi connectivity index (χ3v) is 6.55. The summed E-state index contributed by atoms with van der Waals surface area (Å²) in [6.07, 6.45) is 0.998. The minimum Gasteiger partial charge on any atom is -0.493 e. The molecule has 1 amide bonds. The molecule has 0 unspecified atom stereocenters. The van der Waals surface area contributed by atoms with Crippen LogP contribution in [0.3, 0.4) is 0 Å². The van der Waals surface area contributed by atoms with E-state index >= 15 is 0 Å². The first-order valence-corrected chi connectivity index (χ1v) is 11.2. The van der Waals surface area contributed by atoms with Crippen LogP contribution in [0.1, 0.15) is 12.0 Å². The summed E-state index contributed by atoms with van der Waals surface area (Å²) < 4.78 is 22.2. The van der Waals surface area contributed by atoms with Gasteiger partial charge in [-0.05, 0) is 30.0 Å². The topological polar surface area (TPSA) is 118 Å². The van der Waals surface area contributed by atoms with E-state index < -0.39 is 0 Å². The minimum atomic E-state index is -0.250. The van der Waals surface area contributed by atoms with Crippen molar-refractivity contribution in [1.82, 2.24) is 9.80 Å². The molecule has 3 aliphatic rings. The number of methoxy groups -OCH3 is 1. The monoisotopic (exact) mass is 466 g/mol. The number of likely N-dealkylation sites (tertiary alicyclic amines) is 1. The van der Waals surface area contributed by atoms with Crippen molar-refractivity contribution in [3.05, 3.63) is 23.8 Å². The van der Waals surface area contributed by atoms with Crippen LogP contribution in [0.2, 0.25) is 0 Å². The summed E-state index contributed by atoms with van der Waals surface area (Å²) in [5.41, 5.74) is 0.950. The van der Waals surface area contributed by atoms with Crippen molar-refractivity contribution in [3.63, 3.8) is 0 Å². The highest BCUT2D eigenvalue weighted by atomic mass is 16.5. The van der Waals surface area contributed by atoms with E-state index in [1.165, 1.54) is 0 Å². The van der Waals surface area contributed by atoms with Crippen molar-refractivity contribution in [2.75, 3.05) is 72.9 Å². The minimum absolute atomic E-state index is 0.0173. The first kappa shape index (κ1) is 25.2. The first-order chi connectivity index (χ1) is 16.0. The molecule has 184 valence electrons. The van der Waals surface area contributed by atoms with Crippen LogP contribution in [0.15, 0.2) is 18.2 Å². The number of ether oxygens (including phenoxy) is 4. The molecule has 3 fully saturated rings. The van der Waals surface area contributed by atoms with Crippen molar-refractivity contribution < 1.29 is 38.7 Å². The Hall–Kier alpha value is -2.40. The van der Waals surface area contributed by atoms with Crippen LogP contribution in [0.5, 0.6) is 11.5 Å². The van der Waals surface area contributed by atoms with Crippen LogP contribution >= 0.6 is 0 Å². The highest BCUT2D eigenvalue weighted by molar-refractivity contribution is 5.78. The Balaban J connectivity index is 0.000000968. The molecule has 10 heteroatoms. The summed E-state index contributed by atoms with van der Waals surface area (Å²) in [4.78, 5) is 24.9. The highest BCUT2D eigenvalue weighted by Crippen LogP contribution is 2.41. The van der Waals surface area contributed by atoms with E-state index in [0.29, 0.717) is 50.3 Å². The molecule has 1 aromatic carbocycles. The van der Waals surface area contributed by atoms with Crippen LogP contribution in [0.25, 0.3) is 0 Å². The number of rotatable bonds is 7. The van der Waals surface area contributed by atoms with Crippen molar-refractivity contribution >= 4 is 12.4 Å². The van der Waals surface area contributed by atoms with Crippen molar-refractivity contribution in [3.8, 4) is 11.5 Å². The smallest absolute Gasteiger partial charge is 0.290 e. The Labute approximate surface area is 194 Å². The number of morpholine rings is 1. The molecule has 3 heterocycles. The number of carbonyl (C=O) groups excluding carboxylic acids is 1. The average molecular weight is 467 g/mol. The van der Waals surface area contributed by atoms with Crippen LogP contribution in [0.4, 0.5) is 0 Å². The lowest BCUT2D eigenvalue weighted by molar-refractivity contribution is -0.137. The summed E-state index contributed by atoms with van der Waals surface area (Å²) in [5.74, 6) is 1.62. The standard InChI is InChI=1S/C22H32N2O6.CH2O2/c1-27-19-3-2-17(10-20(19)30-13-21(26)24-5-8-28-9-6-24)11-23-12-18-4-7-29-16-22(18,14-23)15-25;2-1-3/h2-3,10,18,25H,4-9,11-16H2,1H3;1H,(H,2,3)/t18-,22+;/m0./s1. The summed E-state index contributed by atoms with van der Waals surface area (Å²) in [7, 11) is 1.60. The summed E-state index contributed by atoms with van der Waals surface area (Å²) in [6, 6.07) is 5.87. The first-order valence-electron chi connectivity index (χ1n) is 11.2. The molecule has 0 aliphatic carbocycles. The summed E-state index contributed by atoms with van der Waals surface area (Å²) in [6.45, 7) is 6.19. The lowest BCUT2D eigenvalue weighted by Gasteiger charge is -2.36. The van der Waals surface area contributed by atoms with E-state index in [1.807, 2.05) is 18.2 Å². The molecule has 0 spiro atoms. The third kappa shape index (κ3) is 6.35. The van der Waals surface area contributed by atoms with Gasteiger partial charge in [-0.3, -0.25) is 14.5 Å². The van der Waals surface area contributed by atoms with E-state index in [9.17, 15) is 9.90 Å². The maximum Gasteiger partial charge on any atom is 0.290 e. The number of hydrogen-bond acceptors (Lipinski definition) is 8. The third-order valence-electron chi connectivity index (χ3n) is 6.55. The van der Waals surface area contributed by atoms with Crippen LogP contribution < -0.4 is 9.47 Å². The van der Waals surface area contributed by atoms with Gasteiger partial charge < -0.3 is 34.1 Å². The molecule has 0 bridgehead atoms. The maximum absolute atomic E-state index is 12.4. The lowest BCUT2D eigenvalue weighted by atomic mass is 9.76. The van der Waals surface area contributed by atoms with Gasteiger partial charge in [-0.25, -0.2) is 0 Å². The predicted octanol–water partition coefficient (Wildman–Crippen LogP) is 0.464. The number of nitrogens with zero attached hydrogens (tertiary/aromatic N) is 2. The van der Waals surface area contributed by atoms with Gasteiger partial charge in [0.25, 0.3) is 12.4 Å².